The minimum absolute atomic E-state index is 0.0462. The van der Waals surface area contributed by atoms with Gasteiger partial charge in [-0.25, -0.2) is 0 Å². The second-order valence-electron chi connectivity index (χ2n) is 20.6. The lowest BCUT2D eigenvalue weighted by Crippen LogP contribution is -2.37. The Labute approximate surface area is 477 Å². The molecule has 2 unspecified atom stereocenters. The van der Waals surface area contributed by atoms with Crippen molar-refractivity contribution < 1.29 is 42.1 Å². The van der Waals surface area contributed by atoms with E-state index in [2.05, 4.69) is 172 Å². The molecule has 0 rings (SSSR count). The van der Waals surface area contributed by atoms with E-state index < -0.39 is 32.5 Å². The number of esters is 2. The number of phosphoric ester groups is 1. The van der Waals surface area contributed by atoms with Crippen molar-refractivity contribution in [3.63, 3.8) is 0 Å². The summed E-state index contributed by atoms with van der Waals surface area (Å²) in [5.74, 6) is -0.898. The summed E-state index contributed by atoms with van der Waals surface area (Å²) >= 11 is 0. The fourth-order valence-corrected chi connectivity index (χ4v) is 8.19. The van der Waals surface area contributed by atoms with Crippen LogP contribution in [0.4, 0.5) is 0 Å². The van der Waals surface area contributed by atoms with E-state index in [1.54, 1.807) is 0 Å². The fourth-order valence-electron chi connectivity index (χ4n) is 7.46. The van der Waals surface area contributed by atoms with Gasteiger partial charge in [0.15, 0.2) is 6.10 Å². The van der Waals surface area contributed by atoms with Crippen molar-refractivity contribution in [1.29, 1.82) is 0 Å². The third-order valence-corrected chi connectivity index (χ3v) is 13.0. The zero-order chi connectivity index (χ0) is 57.0. The van der Waals surface area contributed by atoms with Crippen molar-refractivity contribution in [3.8, 4) is 0 Å². The number of rotatable bonds is 53. The van der Waals surface area contributed by atoms with Gasteiger partial charge >= 0.3 is 11.9 Å². The molecule has 0 spiro atoms. The Bertz CT molecular complexity index is 1870. The van der Waals surface area contributed by atoms with E-state index in [0.717, 1.165) is 122 Å². The molecule has 2 atom stereocenters. The number of nitrogens with zero attached hydrogens (tertiary/aromatic N) is 1. The summed E-state index contributed by atoms with van der Waals surface area (Å²) in [5.41, 5.74) is 0. The third kappa shape index (κ3) is 60.9. The molecule has 0 bridgehead atoms. The third-order valence-electron chi connectivity index (χ3n) is 12.0. The lowest BCUT2D eigenvalue weighted by molar-refractivity contribution is -0.870. The Kier molecular flexibility index (Phi) is 54.1. The van der Waals surface area contributed by atoms with Gasteiger partial charge in [0.2, 0.25) is 0 Å². The van der Waals surface area contributed by atoms with Gasteiger partial charge in [0.25, 0.3) is 7.82 Å². The van der Waals surface area contributed by atoms with Crippen LogP contribution in [0.2, 0.25) is 0 Å². The standard InChI is InChI=1S/C68H110NO8P/c1-6-8-10-12-14-16-18-20-22-23-24-25-26-27-28-29-30-31-32-33-34-35-36-37-38-39-40-41-42-43-44-45-47-49-51-53-55-57-59-61-68(71)77-66(65-76-78(72,73)75-63-62-69(3,4)5)64-74-67(70)60-58-56-54-52-50-48-46-21-19-17-15-13-11-9-7-2/h8-11,14-17,20-22,24-25,27-28,30-31,33-34,36-37,39-40,46,50,52,66H,6-7,12-13,18-19,23,26,29,32,35,38,41-45,47-49,51,53-65H2,1-5H3/b10-8-,11-9-,16-14-,17-15-,22-20-,25-24-,28-27-,31-30-,34-33-,37-36-,40-39-,46-21-,52-50-. The molecule has 10 heteroatoms. The van der Waals surface area contributed by atoms with Crippen molar-refractivity contribution >= 4 is 19.8 Å². The molecule has 0 aliphatic carbocycles. The number of likely N-dealkylation sites (N-methyl/N-ethyl adjacent to an activating group) is 1. The molecule has 0 saturated carbocycles. The Balaban J connectivity index is 4.13. The summed E-state index contributed by atoms with van der Waals surface area (Å²) < 4.78 is 34.1. The smallest absolute Gasteiger partial charge is 0.306 e. The largest absolute Gasteiger partial charge is 0.756 e. The summed E-state index contributed by atoms with van der Waals surface area (Å²) in [4.78, 5) is 37.8. The fraction of sp³-hybridized carbons (Fsp3) is 0.588. The molecule has 78 heavy (non-hydrogen) atoms. The number of carbonyl (C=O) groups is 2. The highest BCUT2D eigenvalue weighted by Crippen LogP contribution is 2.38. The second-order valence-corrected chi connectivity index (χ2v) is 22.0. The Morgan fingerprint density at radius 2 is 0.692 bits per heavy atom. The van der Waals surface area contributed by atoms with Gasteiger partial charge in [0, 0.05) is 12.8 Å². The maximum absolute atomic E-state index is 12.8. The molecule has 440 valence electrons. The van der Waals surface area contributed by atoms with Gasteiger partial charge in [-0.1, -0.05) is 230 Å². The van der Waals surface area contributed by atoms with Crippen LogP contribution < -0.4 is 4.89 Å². The van der Waals surface area contributed by atoms with Crippen LogP contribution in [0.1, 0.15) is 206 Å². The van der Waals surface area contributed by atoms with E-state index in [1.807, 2.05) is 21.1 Å². The molecule has 0 heterocycles. The van der Waals surface area contributed by atoms with Crippen LogP contribution in [0.15, 0.2) is 158 Å². The Hall–Kier alpha value is -4.37. The van der Waals surface area contributed by atoms with E-state index in [1.165, 1.54) is 44.9 Å². The number of hydrogen-bond donors (Lipinski definition) is 0. The summed E-state index contributed by atoms with van der Waals surface area (Å²) in [7, 11) is 1.12. The molecule has 9 nitrogen and oxygen atoms in total. The monoisotopic (exact) mass is 1100 g/mol. The van der Waals surface area contributed by atoms with Crippen LogP contribution in [0, 0.1) is 0 Å². The van der Waals surface area contributed by atoms with E-state index in [-0.39, 0.29) is 26.1 Å². The molecular formula is C68H110NO8P. The predicted octanol–water partition coefficient (Wildman–Crippen LogP) is 18.6. The quantitative estimate of drug-likeness (QED) is 0.0195. The van der Waals surface area contributed by atoms with Crippen LogP contribution in [0.3, 0.4) is 0 Å². The summed E-state index contributed by atoms with van der Waals surface area (Å²) in [6, 6.07) is 0. The van der Waals surface area contributed by atoms with Crippen LogP contribution >= 0.6 is 7.82 Å². The lowest BCUT2D eigenvalue weighted by Gasteiger charge is -2.28. The second kappa shape index (κ2) is 57.3. The van der Waals surface area contributed by atoms with Crippen LogP contribution in [-0.2, 0) is 32.7 Å². The van der Waals surface area contributed by atoms with Gasteiger partial charge < -0.3 is 27.9 Å². The topological polar surface area (TPSA) is 111 Å². The zero-order valence-corrected chi connectivity index (χ0v) is 50.7. The minimum atomic E-state index is -4.66. The highest BCUT2D eigenvalue weighted by molar-refractivity contribution is 7.45. The number of ether oxygens (including phenoxy) is 2. The molecular weight excluding hydrogens is 990 g/mol. The van der Waals surface area contributed by atoms with Crippen molar-refractivity contribution in [2.24, 2.45) is 0 Å². The highest BCUT2D eigenvalue weighted by atomic mass is 31.2. The van der Waals surface area contributed by atoms with Crippen LogP contribution in [-0.4, -0.2) is 70.0 Å². The number of quaternary nitrogens is 1. The molecule has 0 aromatic heterocycles. The predicted molar refractivity (Wildman–Crippen MR) is 332 cm³/mol. The molecule has 0 aromatic rings. The average molecular weight is 1100 g/mol. The highest BCUT2D eigenvalue weighted by Gasteiger charge is 2.21. The van der Waals surface area contributed by atoms with Crippen LogP contribution in [0.5, 0.6) is 0 Å². The zero-order valence-electron chi connectivity index (χ0n) is 49.8. The molecule has 0 radical (unpaired) electrons. The molecule has 0 aliphatic heterocycles. The van der Waals surface area contributed by atoms with E-state index in [0.29, 0.717) is 23.9 Å². The minimum Gasteiger partial charge on any atom is -0.756 e. The Morgan fingerprint density at radius 1 is 0.397 bits per heavy atom. The lowest BCUT2D eigenvalue weighted by atomic mass is 10.0. The number of allylic oxidation sites excluding steroid dienone is 26. The van der Waals surface area contributed by atoms with Gasteiger partial charge in [-0.15, -0.1) is 0 Å². The van der Waals surface area contributed by atoms with E-state index >= 15 is 0 Å². The van der Waals surface area contributed by atoms with Gasteiger partial charge in [0.1, 0.15) is 19.8 Å². The van der Waals surface area contributed by atoms with Crippen molar-refractivity contribution in [3.05, 3.63) is 158 Å². The van der Waals surface area contributed by atoms with Crippen molar-refractivity contribution in [1.82, 2.24) is 0 Å². The Morgan fingerprint density at radius 3 is 1.05 bits per heavy atom. The normalized spacial score (nSPS) is 14.4. The average Bonchev–Trinajstić information content (AvgIpc) is 3.41. The van der Waals surface area contributed by atoms with E-state index in [9.17, 15) is 19.0 Å². The molecule has 0 N–H and O–H groups in total. The molecule has 0 saturated heterocycles. The molecule has 0 aromatic carbocycles. The number of hydrogen-bond acceptors (Lipinski definition) is 8. The number of unbranched alkanes of at least 4 members (excludes halogenated alkanes) is 13. The summed E-state index contributed by atoms with van der Waals surface area (Å²) in [6.07, 6.45) is 86.0. The van der Waals surface area contributed by atoms with Gasteiger partial charge in [-0.05, 0) is 122 Å². The maximum atomic E-state index is 12.8. The first-order chi connectivity index (χ1) is 38.0. The van der Waals surface area contributed by atoms with E-state index in [4.69, 9.17) is 18.5 Å². The first-order valence-corrected chi connectivity index (χ1v) is 31.7. The maximum Gasteiger partial charge on any atom is 0.306 e. The summed E-state index contributed by atoms with van der Waals surface area (Å²) in [6.45, 7) is 3.93. The number of carbonyl (C=O) groups excluding carboxylic acids is 2. The number of phosphoric acid groups is 1. The first kappa shape index (κ1) is 73.6. The van der Waals surface area contributed by atoms with Crippen LogP contribution in [0.25, 0.3) is 0 Å². The molecule has 0 aliphatic rings. The van der Waals surface area contributed by atoms with Gasteiger partial charge in [0.05, 0.1) is 27.7 Å². The molecule has 0 fully saturated rings. The SMILES string of the molecule is CC/C=C\C/C=C\C/C=C\C/C=C\C/C=C\C/C=C\C/C=C\C/C=C\C/C=C\CCCCCCCCCCCCCC(=O)OC(COC(=O)CCCC/C=C\C/C=C\C/C=C\C/C=C\CC)COP(=O)([O-])OCC[N+](C)(C)C. The summed E-state index contributed by atoms with van der Waals surface area (Å²) in [5, 5.41) is 0. The van der Waals surface area contributed by atoms with Crippen molar-refractivity contribution in [2.45, 2.75) is 213 Å². The van der Waals surface area contributed by atoms with Gasteiger partial charge in [-0.3, -0.25) is 14.2 Å². The first-order valence-electron chi connectivity index (χ1n) is 30.2. The van der Waals surface area contributed by atoms with Gasteiger partial charge in [-0.2, -0.15) is 0 Å². The molecule has 0 amide bonds. The van der Waals surface area contributed by atoms with Crippen molar-refractivity contribution in [2.75, 3.05) is 47.5 Å².